The molecule has 1 rings (SSSR count). The molecule has 1 saturated heterocycles. The van der Waals surface area contributed by atoms with E-state index in [2.05, 4.69) is 21.8 Å². The standard InChI is InChI=1S/C3H6B3/c1-4-2-6-3-5-1/h1-3H2. The van der Waals surface area contributed by atoms with E-state index in [4.69, 9.17) is 0 Å². The van der Waals surface area contributed by atoms with Gasteiger partial charge in [0, 0.05) is 0 Å². The van der Waals surface area contributed by atoms with E-state index in [0.717, 1.165) is 0 Å². The van der Waals surface area contributed by atoms with Crippen molar-refractivity contribution >= 4 is 21.8 Å². The Morgan fingerprint density at radius 1 is 0.667 bits per heavy atom. The summed E-state index contributed by atoms with van der Waals surface area (Å²) < 4.78 is 0. The van der Waals surface area contributed by atoms with Gasteiger partial charge in [-0.3, -0.25) is 0 Å². The van der Waals surface area contributed by atoms with Gasteiger partial charge in [0.25, 0.3) is 0 Å². The normalized spacial score (nSPS) is 20.0. The highest BCUT2D eigenvalue weighted by atomic mass is 13.5. The summed E-state index contributed by atoms with van der Waals surface area (Å²) in [5, 5.41) is 0. The molecule has 6 heavy (non-hydrogen) atoms. The number of hydrogen-bond donors (Lipinski definition) is 0. The van der Waals surface area contributed by atoms with Gasteiger partial charge in [0.05, 0.1) is 21.8 Å². The average Bonchev–Trinajstić information content (AvgIpc) is 1.72. The molecule has 0 aromatic rings. The quantitative estimate of drug-likeness (QED) is 0.361. The van der Waals surface area contributed by atoms with E-state index < -0.39 is 0 Å². The molecule has 0 atom stereocenters. The van der Waals surface area contributed by atoms with E-state index in [9.17, 15) is 0 Å². The topological polar surface area (TPSA) is 0 Å². The Morgan fingerprint density at radius 2 is 1.00 bits per heavy atom. The number of rotatable bonds is 0. The summed E-state index contributed by atoms with van der Waals surface area (Å²) in [6.45, 7) is 0. The van der Waals surface area contributed by atoms with Crippen LogP contribution >= 0.6 is 0 Å². The summed E-state index contributed by atoms with van der Waals surface area (Å²) >= 11 is 0. The fourth-order valence-corrected chi connectivity index (χ4v) is 0.642. The Morgan fingerprint density at radius 3 is 1.17 bits per heavy atom. The Bertz CT molecular complexity index is 21.5. The van der Waals surface area contributed by atoms with E-state index in [1.165, 1.54) is 18.7 Å². The van der Waals surface area contributed by atoms with Crippen LogP contribution in [-0.4, -0.2) is 21.8 Å². The molecule has 0 spiro atoms. The maximum Gasteiger partial charge on any atom is 0.0913 e. The maximum absolute atomic E-state index is 2.28. The first-order chi connectivity index (χ1) is 3.00. The van der Waals surface area contributed by atoms with Gasteiger partial charge in [-0.2, -0.15) is 0 Å². The zero-order valence-corrected chi connectivity index (χ0v) is 3.85. The summed E-state index contributed by atoms with van der Waals surface area (Å²) in [6, 6.07) is 0. The second-order valence-electron chi connectivity index (χ2n) is 1.57. The van der Waals surface area contributed by atoms with Crippen molar-refractivity contribution in [1.82, 2.24) is 0 Å². The van der Waals surface area contributed by atoms with Crippen molar-refractivity contribution in [2.75, 3.05) is 0 Å². The summed E-state index contributed by atoms with van der Waals surface area (Å²) in [5.74, 6) is 0. The van der Waals surface area contributed by atoms with Gasteiger partial charge >= 0.3 is 0 Å². The van der Waals surface area contributed by atoms with Gasteiger partial charge in [-0.25, -0.2) is 0 Å². The molecule has 1 heterocycles. The van der Waals surface area contributed by atoms with Crippen molar-refractivity contribution in [3.05, 3.63) is 0 Å². The Labute approximate surface area is 41.4 Å². The smallest absolute Gasteiger partial charge is 0.0913 e. The summed E-state index contributed by atoms with van der Waals surface area (Å²) in [7, 11) is 6.84. The zero-order chi connectivity index (χ0) is 4.24. The molecule has 27 valence electrons. The lowest BCUT2D eigenvalue weighted by Crippen LogP contribution is -2.10. The van der Waals surface area contributed by atoms with Gasteiger partial charge in [0.2, 0.25) is 0 Å². The van der Waals surface area contributed by atoms with Crippen molar-refractivity contribution < 1.29 is 0 Å². The van der Waals surface area contributed by atoms with Crippen LogP contribution in [0.15, 0.2) is 0 Å². The highest BCUT2D eigenvalue weighted by Gasteiger charge is 2.00. The van der Waals surface area contributed by atoms with Crippen molar-refractivity contribution in [3.63, 3.8) is 0 Å². The molecular weight excluding hydrogens is 68.5 g/mol. The van der Waals surface area contributed by atoms with Crippen LogP contribution in [0.4, 0.5) is 0 Å². The average molecular weight is 74.5 g/mol. The first-order valence-electron chi connectivity index (χ1n) is 2.45. The monoisotopic (exact) mass is 75.1 g/mol. The minimum atomic E-state index is 1.22. The van der Waals surface area contributed by atoms with Crippen LogP contribution in [0.25, 0.3) is 0 Å². The summed E-state index contributed by atoms with van der Waals surface area (Å²) in [4.78, 5) is 0. The van der Waals surface area contributed by atoms with Crippen LogP contribution < -0.4 is 0 Å². The molecule has 1 aliphatic rings. The van der Waals surface area contributed by atoms with Gasteiger partial charge in [0.1, 0.15) is 0 Å². The molecule has 0 aromatic carbocycles. The Balaban J connectivity index is 2.00. The van der Waals surface area contributed by atoms with E-state index in [0.29, 0.717) is 0 Å². The first-order valence-corrected chi connectivity index (χ1v) is 2.45. The zero-order valence-electron chi connectivity index (χ0n) is 3.85. The molecule has 3 heteroatoms. The molecule has 0 amide bonds. The lowest BCUT2D eigenvalue weighted by molar-refractivity contribution is 1.71. The molecule has 0 aliphatic carbocycles. The predicted molar refractivity (Wildman–Crippen MR) is 31.7 cm³/mol. The molecule has 0 N–H and O–H groups in total. The molecule has 0 unspecified atom stereocenters. The van der Waals surface area contributed by atoms with Crippen molar-refractivity contribution in [2.45, 2.75) is 18.7 Å². The van der Waals surface area contributed by atoms with Crippen LogP contribution in [0.1, 0.15) is 0 Å². The summed E-state index contributed by atoms with van der Waals surface area (Å²) in [5.41, 5.74) is 0. The fraction of sp³-hybridized carbons (Fsp3) is 1.00. The highest BCUT2D eigenvalue weighted by molar-refractivity contribution is 6.74. The van der Waals surface area contributed by atoms with E-state index in [1.54, 1.807) is 0 Å². The number of hydrogen-bond acceptors (Lipinski definition) is 0. The van der Waals surface area contributed by atoms with Gasteiger partial charge in [0.15, 0.2) is 0 Å². The van der Waals surface area contributed by atoms with E-state index >= 15 is 0 Å². The summed E-state index contributed by atoms with van der Waals surface area (Å²) in [6.07, 6.45) is 3.66. The molecule has 0 saturated carbocycles. The molecule has 1 fully saturated rings. The van der Waals surface area contributed by atoms with Gasteiger partial charge in [-0.1, -0.05) is 0 Å². The lowest BCUT2D eigenvalue weighted by Gasteiger charge is -2.01. The van der Waals surface area contributed by atoms with Crippen molar-refractivity contribution in [2.24, 2.45) is 0 Å². The van der Waals surface area contributed by atoms with Gasteiger partial charge in [-0.05, 0) is 0 Å². The van der Waals surface area contributed by atoms with Crippen LogP contribution in [-0.2, 0) is 0 Å². The van der Waals surface area contributed by atoms with Gasteiger partial charge < -0.3 is 0 Å². The molecule has 0 aromatic heterocycles. The molecule has 1 aliphatic heterocycles. The van der Waals surface area contributed by atoms with Crippen LogP contribution in [0.3, 0.4) is 0 Å². The third kappa shape index (κ3) is 1.12. The third-order valence-electron chi connectivity index (χ3n) is 1.00. The third-order valence-corrected chi connectivity index (χ3v) is 1.00. The van der Waals surface area contributed by atoms with Crippen LogP contribution in [0.5, 0.6) is 0 Å². The SMILES string of the molecule is [B]1C[B]C[B]C1. The molecular formula is C3H6B3. The predicted octanol–water partition coefficient (Wildman–Crippen LogP) is 0.240. The molecule has 3 radical (unpaired) electrons. The fourth-order valence-electron chi connectivity index (χ4n) is 0.642. The molecule has 0 nitrogen and oxygen atoms in total. The second kappa shape index (κ2) is 2.38. The van der Waals surface area contributed by atoms with Crippen LogP contribution in [0, 0.1) is 0 Å². The second-order valence-corrected chi connectivity index (χ2v) is 1.57. The minimum absolute atomic E-state index is 1.22. The Hall–Kier alpha value is 0.195. The minimum Gasteiger partial charge on any atom is -0.108 e. The van der Waals surface area contributed by atoms with E-state index in [1.807, 2.05) is 0 Å². The lowest BCUT2D eigenvalue weighted by atomic mass is 9.32. The Kier molecular flexibility index (Phi) is 1.73. The van der Waals surface area contributed by atoms with E-state index in [-0.39, 0.29) is 0 Å². The van der Waals surface area contributed by atoms with Crippen LogP contribution in [0.2, 0.25) is 18.7 Å². The maximum atomic E-state index is 2.28. The highest BCUT2D eigenvalue weighted by Crippen LogP contribution is 1.94. The van der Waals surface area contributed by atoms with Gasteiger partial charge in [-0.15, -0.1) is 18.7 Å². The van der Waals surface area contributed by atoms with Crippen molar-refractivity contribution in [3.8, 4) is 0 Å². The molecule has 0 bridgehead atoms. The largest absolute Gasteiger partial charge is 0.108 e. The first kappa shape index (κ1) is 4.36. The van der Waals surface area contributed by atoms with Crippen molar-refractivity contribution in [1.29, 1.82) is 0 Å².